The number of hydrogen-bond acceptors (Lipinski definition) is 3. The van der Waals surface area contributed by atoms with Gasteiger partial charge in [0.05, 0.1) is 12.2 Å². The summed E-state index contributed by atoms with van der Waals surface area (Å²) in [5.41, 5.74) is 0. The predicted molar refractivity (Wildman–Crippen MR) is 31.8 cm³/mol. The van der Waals surface area contributed by atoms with Crippen LogP contribution in [-0.4, -0.2) is 28.7 Å². The van der Waals surface area contributed by atoms with Crippen LogP contribution >= 0.6 is 0 Å². The maximum absolute atomic E-state index is 9.06. The van der Waals surface area contributed by atoms with Gasteiger partial charge in [0, 0.05) is 6.42 Å². The van der Waals surface area contributed by atoms with Gasteiger partial charge in [0.1, 0.15) is 0 Å². The zero-order valence-electron chi connectivity index (χ0n) is 5.45. The summed E-state index contributed by atoms with van der Waals surface area (Å²) in [6, 6.07) is 0. The third-order valence-corrected chi connectivity index (χ3v) is 1.62. The second kappa shape index (κ2) is 2.64. The minimum Gasteiger partial charge on any atom is -0.390 e. The van der Waals surface area contributed by atoms with Gasteiger partial charge < -0.3 is 14.9 Å². The summed E-state index contributed by atoms with van der Waals surface area (Å²) in [6.07, 6.45) is -0.0843. The molecule has 1 heterocycles. The van der Waals surface area contributed by atoms with Gasteiger partial charge in [-0.1, -0.05) is 0 Å². The summed E-state index contributed by atoms with van der Waals surface area (Å²) in [5.74, 6) is 0. The van der Waals surface area contributed by atoms with Crippen molar-refractivity contribution in [2.45, 2.75) is 38.3 Å². The first-order valence-corrected chi connectivity index (χ1v) is 3.21. The highest BCUT2D eigenvalue weighted by Crippen LogP contribution is 2.16. The van der Waals surface area contributed by atoms with Crippen LogP contribution < -0.4 is 0 Å². The van der Waals surface area contributed by atoms with Crippen LogP contribution in [0.5, 0.6) is 0 Å². The SMILES string of the molecule is C[C@@H]1OC(O)CCC1O. The number of ether oxygens (including phenoxy) is 1. The molecule has 0 radical (unpaired) electrons. The van der Waals surface area contributed by atoms with Crippen molar-refractivity contribution in [3.8, 4) is 0 Å². The van der Waals surface area contributed by atoms with E-state index in [1.54, 1.807) is 6.92 Å². The van der Waals surface area contributed by atoms with E-state index in [9.17, 15) is 0 Å². The minimum atomic E-state index is -0.664. The number of rotatable bonds is 0. The zero-order valence-corrected chi connectivity index (χ0v) is 5.45. The Balaban J connectivity index is 2.35. The Hall–Kier alpha value is -0.120. The molecule has 3 atom stereocenters. The Bertz CT molecular complexity index is 94.3. The lowest BCUT2D eigenvalue weighted by atomic mass is 10.1. The Kier molecular flexibility index (Phi) is 2.05. The van der Waals surface area contributed by atoms with E-state index >= 15 is 0 Å². The first-order valence-electron chi connectivity index (χ1n) is 3.21. The molecule has 1 aliphatic rings. The molecule has 0 aliphatic carbocycles. The van der Waals surface area contributed by atoms with E-state index in [0.717, 1.165) is 0 Å². The molecule has 3 heteroatoms. The van der Waals surface area contributed by atoms with Crippen molar-refractivity contribution in [3.63, 3.8) is 0 Å². The molecular formula is C6H12O3. The van der Waals surface area contributed by atoms with Gasteiger partial charge in [-0.05, 0) is 13.3 Å². The van der Waals surface area contributed by atoms with Crippen molar-refractivity contribution >= 4 is 0 Å². The summed E-state index contributed by atoms with van der Waals surface area (Å²) < 4.78 is 4.90. The van der Waals surface area contributed by atoms with Crippen LogP contribution in [-0.2, 0) is 4.74 Å². The zero-order chi connectivity index (χ0) is 6.85. The van der Waals surface area contributed by atoms with Crippen LogP contribution in [0.2, 0.25) is 0 Å². The highest BCUT2D eigenvalue weighted by molar-refractivity contribution is 4.69. The molecule has 0 amide bonds. The normalized spacial score (nSPS) is 45.0. The standard InChI is InChI=1S/C6H12O3/c1-4-5(7)2-3-6(8)9-4/h4-8H,2-3H2,1H3/t4-,5?,6?/m0/s1. The molecule has 0 aromatic carbocycles. The van der Waals surface area contributed by atoms with E-state index in [1.165, 1.54) is 0 Å². The van der Waals surface area contributed by atoms with Crippen LogP contribution in [0.1, 0.15) is 19.8 Å². The molecule has 0 spiro atoms. The van der Waals surface area contributed by atoms with Crippen LogP contribution in [0, 0.1) is 0 Å². The van der Waals surface area contributed by atoms with Gasteiger partial charge in [-0.2, -0.15) is 0 Å². The number of aliphatic hydroxyl groups is 2. The molecule has 3 nitrogen and oxygen atoms in total. The molecular weight excluding hydrogens is 120 g/mol. The first kappa shape index (κ1) is 6.99. The van der Waals surface area contributed by atoms with Crippen LogP contribution in [0.25, 0.3) is 0 Å². The summed E-state index contributed by atoms with van der Waals surface area (Å²) in [5, 5.41) is 17.9. The molecule has 2 N–H and O–H groups in total. The van der Waals surface area contributed by atoms with E-state index in [1.807, 2.05) is 0 Å². The minimum absolute atomic E-state index is 0.214. The molecule has 0 aromatic rings. The summed E-state index contributed by atoms with van der Waals surface area (Å²) in [4.78, 5) is 0. The molecule has 0 bridgehead atoms. The first-order chi connectivity index (χ1) is 4.20. The Morgan fingerprint density at radius 1 is 1.33 bits per heavy atom. The molecule has 9 heavy (non-hydrogen) atoms. The van der Waals surface area contributed by atoms with E-state index in [4.69, 9.17) is 14.9 Å². The van der Waals surface area contributed by atoms with E-state index in [-0.39, 0.29) is 6.10 Å². The lowest BCUT2D eigenvalue weighted by Gasteiger charge is -2.28. The molecule has 0 aromatic heterocycles. The lowest BCUT2D eigenvalue weighted by molar-refractivity contribution is -0.192. The second-order valence-corrected chi connectivity index (χ2v) is 2.44. The van der Waals surface area contributed by atoms with Crippen LogP contribution in [0.4, 0.5) is 0 Å². The quantitative estimate of drug-likeness (QED) is 0.482. The van der Waals surface area contributed by atoms with Gasteiger partial charge in [0.2, 0.25) is 0 Å². The van der Waals surface area contributed by atoms with Crippen LogP contribution in [0.15, 0.2) is 0 Å². The third-order valence-electron chi connectivity index (χ3n) is 1.62. The van der Waals surface area contributed by atoms with Gasteiger partial charge in [-0.25, -0.2) is 0 Å². The van der Waals surface area contributed by atoms with Gasteiger partial charge in [0.25, 0.3) is 0 Å². The molecule has 1 aliphatic heterocycles. The Morgan fingerprint density at radius 2 is 2.00 bits per heavy atom. The average Bonchev–Trinajstić information content (AvgIpc) is 1.80. The molecule has 2 unspecified atom stereocenters. The maximum atomic E-state index is 9.06. The van der Waals surface area contributed by atoms with Crippen LogP contribution in [0.3, 0.4) is 0 Å². The van der Waals surface area contributed by atoms with E-state index in [2.05, 4.69) is 0 Å². The molecule has 1 saturated heterocycles. The van der Waals surface area contributed by atoms with Crippen molar-refractivity contribution in [2.24, 2.45) is 0 Å². The summed E-state index contributed by atoms with van der Waals surface area (Å²) in [7, 11) is 0. The maximum Gasteiger partial charge on any atom is 0.155 e. The van der Waals surface area contributed by atoms with Crippen molar-refractivity contribution in [3.05, 3.63) is 0 Å². The van der Waals surface area contributed by atoms with Gasteiger partial charge in [-0.15, -0.1) is 0 Å². The van der Waals surface area contributed by atoms with E-state index in [0.29, 0.717) is 12.8 Å². The fourth-order valence-corrected chi connectivity index (χ4v) is 0.955. The van der Waals surface area contributed by atoms with Crippen molar-refractivity contribution < 1.29 is 14.9 Å². The fourth-order valence-electron chi connectivity index (χ4n) is 0.955. The summed E-state index contributed by atoms with van der Waals surface area (Å²) in [6.45, 7) is 1.76. The monoisotopic (exact) mass is 132 g/mol. The average molecular weight is 132 g/mol. The van der Waals surface area contributed by atoms with Gasteiger partial charge in [0.15, 0.2) is 6.29 Å². The van der Waals surface area contributed by atoms with Gasteiger partial charge >= 0.3 is 0 Å². The number of hydrogen-bond donors (Lipinski definition) is 2. The summed E-state index contributed by atoms with van der Waals surface area (Å²) >= 11 is 0. The Labute approximate surface area is 54.3 Å². The van der Waals surface area contributed by atoms with Crippen molar-refractivity contribution in [1.29, 1.82) is 0 Å². The molecule has 1 rings (SSSR count). The third kappa shape index (κ3) is 1.64. The van der Waals surface area contributed by atoms with E-state index < -0.39 is 12.4 Å². The highest BCUT2D eigenvalue weighted by Gasteiger charge is 2.24. The smallest absolute Gasteiger partial charge is 0.155 e. The molecule has 54 valence electrons. The van der Waals surface area contributed by atoms with Crippen molar-refractivity contribution in [2.75, 3.05) is 0 Å². The molecule has 0 saturated carbocycles. The Morgan fingerprint density at radius 3 is 2.44 bits per heavy atom. The number of aliphatic hydroxyl groups excluding tert-OH is 2. The van der Waals surface area contributed by atoms with Crippen molar-refractivity contribution in [1.82, 2.24) is 0 Å². The molecule has 1 fully saturated rings. The topological polar surface area (TPSA) is 49.7 Å². The second-order valence-electron chi connectivity index (χ2n) is 2.44. The predicted octanol–water partition coefficient (Wildman–Crippen LogP) is -0.135. The fraction of sp³-hybridized carbons (Fsp3) is 1.00. The highest BCUT2D eigenvalue weighted by atomic mass is 16.6. The lowest BCUT2D eigenvalue weighted by Crippen LogP contribution is -2.36. The van der Waals surface area contributed by atoms with Gasteiger partial charge in [-0.3, -0.25) is 0 Å². The largest absolute Gasteiger partial charge is 0.390 e.